The van der Waals surface area contributed by atoms with E-state index < -0.39 is 11.8 Å². The third kappa shape index (κ3) is 15.9. The van der Waals surface area contributed by atoms with Crippen molar-refractivity contribution in [2.75, 3.05) is 0 Å². The molecule has 0 rings (SSSR count). The summed E-state index contributed by atoms with van der Waals surface area (Å²) in [7, 11) is 0. The van der Waals surface area contributed by atoms with E-state index in [1.165, 1.54) is 51.4 Å². The molecule has 138 valence electrons. The largest absolute Gasteiger partial charge is 0.509 e. The minimum absolute atomic E-state index is 0.0214. The average Bonchev–Trinajstić information content (AvgIpc) is 2.44. The van der Waals surface area contributed by atoms with Gasteiger partial charge in [0, 0.05) is 0 Å². The van der Waals surface area contributed by atoms with Crippen molar-refractivity contribution in [1.29, 1.82) is 0 Å². The lowest BCUT2D eigenvalue weighted by atomic mass is 10.0. The summed E-state index contributed by atoms with van der Waals surface area (Å²) in [6.07, 6.45) is 13.9. The maximum Gasteiger partial charge on any atom is 0.509 e. The normalized spacial score (nSPS) is 11.7. The van der Waals surface area contributed by atoms with Gasteiger partial charge in [0.05, 0.1) is 0 Å². The van der Waals surface area contributed by atoms with Crippen molar-refractivity contribution in [3.05, 3.63) is 0 Å². The van der Waals surface area contributed by atoms with Crippen LogP contribution in [0.25, 0.3) is 0 Å². The van der Waals surface area contributed by atoms with Crippen LogP contribution in [0.3, 0.4) is 0 Å². The highest BCUT2D eigenvalue weighted by atomic mass is 16.7. The third-order valence-electron chi connectivity index (χ3n) is 3.91. The van der Waals surface area contributed by atoms with Crippen molar-refractivity contribution in [3.8, 4) is 0 Å². The Kier molecular flexibility index (Phi) is 13.3. The SMILES string of the molecule is CCCCCCCC(CCCCCCC)OC(=O)OC(C)(C)C. The summed E-state index contributed by atoms with van der Waals surface area (Å²) < 4.78 is 10.9. The molecule has 0 fully saturated rings. The molecule has 0 aliphatic rings. The molecule has 23 heavy (non-hydrogen) atoms. The molecule has 0 spiro atoms. The standard InChI is InChI=1S/C20H40O3/c1-6-8-10-12-14-16-18(17-15-13-11-9-7-2)22-19(21)23-20(3,4)5/h18H,6-17H2,1-5H3. The van der Waals surface area contributed by atoms with Gasteiger partial charge in [-0.25, -0.2) is 4.79 Å². The Labute approximate surface area is 144 Å². The van der Waals surface area contributed by atoms with Gasteiger partial charge in [-0.2, -0.15) is 0 Å². The molecule has 0 aromatic rings. The molecule has 0 unspecified atom stereocenters. The van der Waals surface area contributed by atoms with Gasteiger partial charge < -0.3 is 9.47 Å². The van der Waals surface area contributed by atoms with Crippen molar-refractivity contribution < 1.29 is 14.3 Å². The fourth-order valence-electron chi connectivity index (χ4n) is 2.62. The van der Waals surface area contributed by atoms with Crippen LogP contribution in [-0.2, 0) is 9.47 Å². The number of rotatable bonds is 13. The molecule has 0 aliphatic carbocycles. The van der Waals surface area contributed by atoms with Crippen molar-refractivity contribution >= 4 is 6.16 Å². The average molecular weight is 329 g/mol. The molecule has 0 N–H and O–H groups in total. The van der Waals surface area contributed by atoms with E-state index in [-0.39, 0.29) is 6.10 Å². The van der Waals surface area contributed by atoms with Crippen LogP contribution in [-0.4, -0.2) is 17.9 Å². The Morgan fingerprint density at radius 2 is 1.22 bits per heavy atom. The maximum absolute atomic E-state index is 11.9. The second kappa shape index (κ2) is 13.7. The van der Waals surface area contributed by atoms with Crippen LogP contribution in [0.5, 0.6) is 0 Å². The first-order valence-corrected chi connectivity index (χ1v) is 9.78. The first kappa shape index (κ1) is 22.3. The van der Waals surface area contributed by atoms with Crippen molar-refractivity contribution in [3.63, 3.8) is 0 Å². The molecule has 0 saturated heterocycles. The maximum atomic E-state index is 11.9. The number of carbonyl (C=O) groups excluding carboxylic acids is 1. The Bertz CT molecular complexity index is 267. The molecule has 3 heteroatoms. The quantitative estimate of drug-likeness (QED) is 0.269. The van der Waals surface area contributed by atoms with Gasteiger partial charge >= 0.3 is 6.16 Å². The predicted octanol–water partition coefficient (Wildman–Crippen LogP) is 7.03. The van der Waals surface area contributed by atoms with Gasteiger partial charge in [-0.15, -0.1) is 0 Å². The Morgan fingerprint density at radius 1 is 0.783 bits per heavy atom. The van der Waals surface area contributed by atoms with E-state index in [0.29, 0.717) is 0 Å². The number of unbranched alkanes of at least 4 members (excludes halogenated alkanes) is 8. The molecule has 0 aromatic heterocycles. The smallest absolute Gasteiger partial charge is 0.431 e. The van der Waals surface area contributed by atoms with Crippen LogP contribution >= 0.6 is 0 Å². The van der Waals surface area contributed by atoms with Gasteiger partial charge in [0.1, 0.15) is 11.7 Å². The highest BCUT2D eigenvalue weighted by Gasteiger charge is 2.21. The molecule has 0 bridgehead atoms. The van der Waals surface area contributed by atoms with E-state index in [4.69, 9.17) is 9.47 Å². The molecule has 0 saturated carbocycles. The fraction of sp³-hybridized carbons (Fsp3) is 0.950. The van der Waals surface area contributed by atoms with Crippen LogP contribution in [0.2, 0.25) is 0 Å². The molecule has 0 heterocycles. The molecule has 3 nitrogen and oxygen atoms in total. The number of carbonyl (C=O) groups is 1. The first-order valence-electron chi connectivity index (χ1n) is 9.78. The summed E-state index contributed by atoms with van der Waals surface area (Å²) in [6.45, 7) is 10.1. The number of hydrogen-bond acceptors (Lipinski definition) is 3. The molecular weight excluding hydrogens is 288 g/mol. The third-order valence-corrected chi connectivity index (χ3v) is 3.91. The number of hydrogen-bond donors (Lipinski definition) is 0. The van der Waals surface area contributed by atoms with E-state index in [1.807, 2.05) is 20.8 Å². The zero-order chi connectivity index (χ0) is 17.6. The van der Waals surface area contributed by atoms with E-state index in [2.05, 4.69) is 13.8 Å². The minimum atomic E-state index is -0.510. The van der Waals surface area contributed by atoms with Crippen molar-refractivity contribution in [2.24, 2.45) is 0 Å². The molecule has 0 aromatic carbocycles. The van der Waals surface area contributed by atoms with Crippen LogP contribution in [0, 0.1) is 0 Å². The highest BCUT2D eigenvalue weighted by molar-refractivity contribution is 5.60. The van der Waals surface area contributed by atoms with Gasteiger partial charge in [0.25, 0.3) is 0 Å². The van der Waals surface area contributed by atoms with Gasteiger partial charge in [-0.1, -0.05) is 65.2 Å². The zero-order valence-corrected chi connectivity index (χ0v) is 16.3. The summed E-state index contributed by atoms with van der Waals surface area (Å²) in [5.74, 6) is 0. The fourth-order valence-corrected chi connectivity index (χ4v) is 2.62. The lowest BCUT2D eigenvalue weighted by Crippen LogP contribution is -2.27. The highest BCUT2D eigenvalue weighted by Crippen LogP contribution is 2.18. The Hall–Kier alpha value is -0.730. The zero-order valence-electron chi connectivity index (χ0n) is 16.3. The monoisotopic (exact) mass is 328 g/mol. The molecule has 0 radical (unpaired) electrons. The van der Waals surface area contributed by atoms with Crippen LogP contribution in [0.1, 0.15) is 112 Å². The lowest BCUT2D eigenvalue weighted by Gasteiger charge is -2.23. The minimum Gasteiger partial charge on any atom is -0.431 e. The van der Waals surface area contributed by atoms with Gasteiger partial charge in [-0.05, 0) is 46.5 Å². The van der Waals surface area contributed by atoms with Crippen LogP contribution < -0.4 is 0 Å². The van der Waals surface area contributed by atoms with Crippen molar-refractivity contribution in [2.45, 2.75) is 123 Å². The second-order valence-electron chi connectivity index (χ2n) is 7.61. The van der Waals surface area contributed by atoms with Gasteiger partial charge in [0.2, 0.25) is 0 Å². The van der Waals surface area contributed by atoms with E-state index >= 15 is 0 Å². The summed E-state index contributed by atoms with van der Waals surface area (Å²) in [6, 6.07) is 0. The Balaban J connectivity index is 4.11. The summed E-state index contributed by atoms with van der Waals surface area (Å²) >= 11 is 0. The predicted molar refractivity (Wildman–Crippen MR) is 97.9 cm³/mol. The van der Waals surface area contributed by atoms with Gasteiger partial charge in [-0.3, -0.25) is 0 Å². The lowest BCUT2D eigenvalue weighted by molar-refractivity contribution is -0.0307. The molecule has 0 amide bonds. The van der Waals surface area contributed by atoms with Gasteiger partial charge in [0.15, 0.2) is 0 Å². The second-order valence-corrected chi connectivity index (χ2v) is 7.61. The molecule has 0 aliphatic heterocycles. The topological polar surface area (TPSA) is 35.5 Å². The summed E-state index contributed by atoms with van der Waals surface area (Å²) in [5.41, 5.74) is -0.482. The Morgan fingerprint density at radius 3 is 1.61 bits per heavy atom. The van der Waals surface area contributed by atoms with E-state index in [1.54, 1.807) is 0 Å². The van der Waals surface area contributed by atoms with Crippen molar-refractivity contribution in [1.82, 2.24) is 0 Å². The van der Waals surface area contributed by atoms with E-state index in [0.717, 1.165) is 25.7 Å². The number of ether oxygens (including phenoxy) is 2. The van der Waals surface area contributed by atoms with E-state index in [9.17, 15) is 4.79 Å². The van der Waals surface area contributed by atoms with Crippen LogP contribution in [0.4, 0.5) is 4.79 Å². The summed E-state index contributed by atoms with van der Waals surface area (Å²) in [5, 5.41) is 0. The summed E-state index contributed by atoms with van der Waals surface area (Å²) in [4.78, 5) is 11.9. The van der Waals surface area contributed by atoms with Crippen LogP contribution in [0.15, 0.2) is 0 Å². The molecular formula is C20H40O3. The molecule has 0 atom stereocenters. The first-order chi connectivity index (χ1) is 10.9.